The van der Waals surface area contributed by atoms with Gasteiger partial charge in [0.1, 0.15) is 12.7 Å². The SMILES string of the molecule is CC/C=C\C/C=C\C/C=C\CCCCCCCCCC(=O)NCCOP(=O)(O)OCC(O)COC(=O)CCCCCCC/C=C\CCCCCCCC. The number of nitrogens with one attached hydrogen (secondary N) is 1. The van der Waals surface area contributed by atoms with Gasteiger partial charge in [0.15, 0.2) is 0 Å². The summed E-state index contributed by atoms with van der Waals surface area (Å²) >= 11 is 0. The van der Waals surface area contributed by atoms with Crippen molar-refractivity contribution in [3.05, 3.63) is 48.6 Å². The summed E-state index contributed by atoms with van der Waals surface area (Å²) in [6.45, 7) is 3.41. The number of aliphatic hydroxyl groups excluding tert-OH is 1. The van der Waals surface area contributed by atoms with Crippen molar-refractivity contribution in [3.63, 3.8) is 0 Å². The summed E-state index contributed by atoms with van der Waals surface area (Å²) in [7, 11) is -4.42. The molecule has 1 amide bonds. The van der Waals surface area contributed by atoms with E-state index in [9.17, 15) is 24.2 Å². The fourth-order valence-electron chi connectivity index (χ4n) is 5.57. The Labute approximate surface area is 324 Å². The van der Waals surface area contributed by atoms with Crippen molar-refractivity contribution in [1.29, 1.82) is 0 Å². The van der Waals surface area contributed by atoms with E-state index in [1.54, 1.807) is 0 Å². The molecule has 0 heterocycles. The number of carbonyl (C=O) groups is 2. The van der Waals surface area contributed by atoms with Gasteiger partial charge < -0.3 is 20.1 Å². The molecule has 3 N–H and O–H groups in total. The number of esters is 1. The molecule has 0 bridgehead atoms. The lowest BCUT2D eigenvalue weighted by molar-refractivity contribution is -0.147. The lowest BCUT2D eigenvalue weighted by Crippen LogP contribution is -2.27. The van der Waals surface area contributed by atoms with Crippen molar-refractivity contribution in [2.45, 2.75) is 187 Å². The molecule has 9 nitrogen and oxygen atoms in total. The summed E-state index contributed by atoms with van der Waals surface area (Å²) in [5.41, 5.74) is 0. The third-order valence-electron chi connectivity index (χ3n) is 8.74. The first-order chi connectivity index (χ1) is 25.8. The molecule has 0 aromatic rings. The molecule has 0 fully saturated rings. The second-order valence-electron chi connectivity index (χ2n) is 13.9. The summed E-state index contributed by atoms with van der Waals surface area (Å²) in [6.07, 6.45) is 44.6. The predicted octanol–water partition coefficient (Wildman–Crippen LogP) is 11.5. The van der Waals surface area contributed by atoms with E-state index in [1.165, 1.54) is 70.6 Å². The van der Waals surface area contributed by atoms with Gasteiger partial charge in [-0.1, -0.05) is 146 Å². The highest BCUT2D eigenvalue weighted by Crippen LogP contribution is 2.42. The van der Waals surface area contributed by atoms with Crippen molar-refractivity contribution in [2.75, 3.05) is 26.4 Å². The molecule has 0 spiro atoms. The van der Waals surface area contributed by atoms with Crippen molar-refractivity contribution >= 4 is 19.7 Å². The molecule has 0 radical (unpaired) electrons. The zero-order valence-electron chi connectivity index (χ0n) is 33.7. The van der Waals surface area contributed by atoms with Gasteiger partial charge in [0.2, 0.25) is 5.91 Å². The monoisotopic (exact) mass is 768 g/mol. The van der Waals surface area contributed by atoms with Crippen LogP contribution in [0.4, 0.5) is 0 Å². The van der Waals surface area contributed by atoms with Crippen LogP contribution in [-0.4, -0.2) is 54.3 Å². The molecule has 53 heavy (non-hydrogen) atoms. The van der Waals surface area contributed by atoms with Gasteiger partial charge in [-0.05, 0) is 70.6 Å². The number of ether oxygens (including phenoxy) is 1. The highest BCUT2D eigenvalue weighted by atomic mass is 31.2. The average molecular weight is 768 g/mol. The van der Waals surface area contributed by atoms with E-state index in [2.05, 4.69) is 67.8 Å². The number of carbonyl (C=O) groups excluding carboxylic acids is 2. The maximum Gasteiger partial charge on any atom is 0.472 e. The van der Waals surface area contributed by atoms with Crippen LogP contribution >= 0.6 is 7.82 Å². The minimum Gasteiger partial charge on any atom is -0.463 e. The Hall–Kier alpha value is -2.03. The summed E-state index contributed by atoms with van der Waals surface area (Å²) in [5, 5.41) is 12.7. The third kappa shape index (κ3) is 41.0. The van der Waals surface area contributed by atoms with Crippen molar-refractivity contribution in [1.82, 2.24) is 5.32 Å². The number of unbranched alkanes of at least 4 members (excludes halogenated alkanes) is 18. The molecule has 0 rings (SSSR count). The number of rotatable bonds is 39. The Morgan fingerprint density at radius 2 is 1.08 bits per heavy atom. The van der Waals surface area contributed by atoms with Gasteiger partial charge >= 0.3 is 13.8 Å². The minimum atomic E-state index is -4.42. The normalized spacial score (nSPS) is 13.8. The molecule has 0 aliphatic carbocycles. The molecule has 10 heteroatoms. The van der Waals surface area contributed by atoms with Gasteiger partial charge in [-0.3, -0.25) is 18.6 Å². The van der Waals surface area contributed by atoms with Gasteiger partial charge in [-0.2, -0.15) is 0 Å². The van der Waals surface area contributed by atoms with Gasteiger partial charge in [-0.15, -0.1) is 0 Å². The smallest absolute Gasteiger partial charge is 0.463 e. The van der Waals surface area contributed by atoms with Crippen LogP contribution in [0.3, 0.4) is 0 Å². The van der Waals surface area contributed by atoms with Crippen molar-refractivity contribution in [2.24, 2.45) is 0 Å². The largest absolute Gasteiger partial charge is 0.472 e. The summed E-state index contributed by atoms with van der Waals surface area (Å²) < 4.78 is 26.8. The number of hydrogen-bond acceptors (Lipinski definition) is 7. The molecule has 0 saturated carbocycles. The molecular formula is C43H78NO8P. The molecule has 0 aliphatic heterocycles. The van der Waals surface area contributed by atoms with E-state index < -0.39 is 26.5 Å². The third-order valence-corrected chi connectivity index (χ3v) is 9.73. The van der Waals surface area contributed by atoms with Crippen molar-refractivity contribution in [3.8, 4) is 0 Å². The molecule has 2 atom stereocenters. The quantitative estimate of drug-likeness (QED) is 0.0244. The van der Waals surface area contributed by atoms with Crippen LogP contribution in [-0.2, 0) is 27.9 Å². The highest BCUT2D eigenvalue weighted by molar-refractivity contribution is 7.47. The Morgan fingerprint density at radius 3 is 1.64 bits per heavy atom. The van der Waals surface area contributed by atoms with Gasteiger partial charge in [0, 0.05) is 19.4 Å². The van der Waals surface area contributed by atoms with Gasteiger partial charge in [0.25, 0.3) is 0 Å². The van der Waals surface area contributed by atoms with E-state index in [1.807, 2.05) is 0 Å². The van der Waals surface area contributed by atoms with Crippen LogP contribution in [0.25, 0.3) is 0 Å². The summed E-state index contributed by atoms with van der Waals surface area (Å²) in [6, 6.07) is 0. The number of aliphatic hydroxyl groups is 1. The maximum atomic E-state index is 12.1. The maximum absolute atomic E-state index is 12.1. The zero-order valence-corrected chi connectivity index (χ0v) is 34.6. The second kappa shape index (κ2) is 39.7. The first-order valence-corrected chi connectivity index (χ1v) is 22.6. The summed E-state index contributed by atoms with van der Waals surface area (Å²) in [4.78, 5) is 33.9. The molecule has 0 aliphatic rings. The Bertz CT molecular complexity index is 1010. The lowest BCUT2D eigenvalue weighted by Gasteiger charge is -2.15. The molecule has 0 aromatic heterocycles. The minimum absolute atomic E-state index is 0.0737. The molecule has 2 unspecified atom stereocenters. The molecule has 0 aromatic carbocycles. The van der Waals surface area contributed by atoms with Gasteiger partial charge in [-0.25, -0.2) is 4.57 Å². The van der Waals surface area contributed by atoms with E-state index in [-0.39, 0.29) is 32.1 Å². The predicted molar refractivity (Wildman–Crippen MR) is 220 cm³/mol. The highest BCUT2D eigenvalue weighted by Gasteiger charge is 2.23. The number of amides is 1. The molecule has 308 valence electrons. The van der Waals surface area contributed by atoms with E-state index in [4.69, 9.17) is 13.8 Å². The van der Waals surface area contributed by atoms with Crippen LogP contribution < -0.4 is 5.32 Å². The first kappa shape index (κ1) is 51.0. The number of hydrogen-bond donors (Lipinski definition) is 3. The fraction of sp³-hybridized carbons (Fsp3) is 0.767. The van der Waals surface area contributed by atoms with E-state index in [0.717, 1.165) is 83.5 Å². The van der Waals surface area contributed by atoms with Crippen LogP contribution in [0.5, 0.6) is 0 Å². The van der Waals surface area contributed by atoms with Crippen LogP contribution in [0.15, 0.2) is 48.6 Å². The first-order valence-electron chi connectivity index (χ1n) is 21.1. The van der Waals surface area contributed by atoms with Crippen LogP contribution in [0.2, 0.25) is 0 Å². The summed E-state index contributed by atoms with van der Waals surface area (Å²) in [5.74, 6) is -0.536. The number of phosphoric ester groups is 1. The number of allylic oxidation sites excluding steroid dienone is 8. The van der Waals surface area contributed by atoms with E-state index >= 15 is 0 Å². The Balaban J connectivity index is 3.63. The Kier molecular flexibility index (Phi) is 38.1. The van der Waals surface area contributed by atoms with Gasteiger partial charge in [0.05, 0.1) is 13.2 Å². The topological polar surface area (TPSA) is 131 Å². The van der Waals surface area contributed by atoms with E-state index in [0.29, 0.717) is 6.42 Å². The molecular weight excluding hydrogens is 689 g/mol. The fourth-order valence-corrected chi connectivity index (χ4v) is 6.32. The van der Waals surface area contributed by atoms with Crippen LogP contribution in [0.1, 0.15) is 181 Å². The lowest BCUT2D eigenvalue weighted by atomic mass is 10.1. The number of phosphoric acid groups is 1. The zero-order chi connectivity index (χ0) is 38.9. The second-order valence-corrected chi connectivity index (χ2v) is 15.4. The standard InChI is InChI=1S/C43H78NO8P/c1-3-5-7-9-11-13-15-17-19-20-22-23-25-27-29-31-33-35-42(46)44-37-38-51-53(48,49)52-40-41(45)39-50-43(47)36-34-32-30-28-26-24-21-18-16-14-12-10-8-6-4-2/h5,7,11,13,17-19,21,41,45H,3-4,6,8-10,12,14-16,20,22-40H2,1-2H3,(H,44,46)(H,48,49)/b7-5-,13-11-,19-17-,21-18-. The molecule has 0 saturated heterocycles. The Morgan fingerprint density at radius 1 is 0.604 bits per heavy atom. The average Bonchev–Trinajstić information content (AvgIpc) is 3.14. The van der Waals surface area contributed by atoms with Crippen molar-refractivity contribution < 1.29 is 37.9 Å². The van der Waals surface area contributed by atoms with Crippen LogP contribution in [0, 0.1) is 0 Å².